The van der Waals surface area contributed by atoms with E-state index in [4.69, 9.17) is 5.73 Å². The number of nitrogens with one attached hydrogen (secondary N) is 1. The summed E-state index contributed by atoms with van der Waals surface area (Å²) in [6.07, 6.45) is 1.40. The molecule has 0 aliphatic carbocycles. The van der Waals surface area contributed by atoms with Crippen molar-refractivity contribution in [3.05, 3.63) is 42.0 Å². The number of benzene rings is 1. The predicted octanol–water partition coefficient (Wildman–Crippen LogP) is 1.12. The van der Waals surface area contributed by atoms with Crippen LogP contribution in [0.5, 0.6) is 0 Å². The van der Waals surface area contributed by atoms with Gasteiger partial charge in [-0.1, -0.05) is 30.3 Å². The number of nitrogens with two attached hydrogens (primary N) is 1. The number of likely N-dealkylation sites (N-methyl/N-ethyl adjacent to an activating group) is 1. The number of hydrogen-bond donors (Lipinski definition) is 2. The first-order valence-electron chi connectivity index (χ1n) is 4.54. The molecule has 1 amide bonds. The van der Waals surface area contributed by atoms with Crippen LogP contribution < -0.4 is 11.1 Å². The van der Waals surface area contributed by atoms with Gasteiger partial charge in [-0.25, -0.2) is 0 Å². The van der Waals surface area contributed by atoms with Crippen molar-refractivity contribution in [2.24, 2.45) is 5.73 Å². The summed E-state index contributed by atoms with van der Waals surface area (Å²) in [7, 11) is 0. The van der Waals surface area contributed by atoms with Crippen LogP contribution in [0.4, 0.5) is 0 Å². The highest BCUT2D eigenvalue weighted by Crippen LogP contribution is 2.06. The molecular formula is C11H14N2O. The third kappa shape index (κ3) is 2.94. The highest BCUT2D eigenvalue weighted by atomic mass is 16.1. The first-order valence-corrected chi connectivity index (χ1v) is 4.54. The van der Waals surface area contributed by atoms with Crippen molar-refractivity contribution in [3.63, 3.8) is 0 Å². The van der Waals surface area contributed by atoms with Crippen molar-refractivity contribution in [2.75, 3.05) is 6.54 Å². The van der Waals surface area contributed by atoms with E-state index in [1.54, 1.807) is 0 Å². The van der Waals surface area contributed by atoms with Crippen LogP contribution in [-0.4, -0.2) is 12.5 Å². The van der Waals surface area contributed by atoms with Crippen molar-refractivity contribution < 1.29 is 4.79 Å². The van der Waals surface area contributed by atoms with Gasteiger partial charge in [-0.05, 0) is 12.5 Å². The number of carbonyl (C=O) groups is 1. The highest BCUT2D eigenvalue weighted by molar-refractivity contribution is 5.94. The second kappa shape index (κ2) is 5.07. The van der Waals surface area contributed by atoms with Gasteiger partial charge in [-0.3, -0.25) is 4.79 Å². The van der Waals surface area contributed by atoms with Crippen molar-refractivity contribution in [1.82, 2.24) is 5.32 Å². The fourth-order valence-corrected chi connectivity index (χ4v) is 1.08. The topological polar surface area (TPSA) is 55.1 Å². The highest BCUT2D eigenvalue weighted by Gasteiger charge is 1.98. The summed E-state index contributed by atoms with van der Waals surface area (Å²) in [6, 6.07) is 9.40. The normalized spacial score (nSPS) is 11.1. The Morgan fingerprint density at radius 3 is 2.64 bits per heavy atom. The molecule has 3 heteroatoms. The third-order valence-corrected chi connectivity index (χ3v) is 1.74. The van der Waals surface area contributed by atoms with Gasteiger partial charge in [0.05, 0.1) is 0 Å². The number of hydrogen-bond acceptors (Lipinski definition) is 2. The van der Waals surface area contributed by atoms with Gasteiger partial charge in [-0.15, -0.1) is 0 Å². The smallest absolute Gasteiger partial charge is 0.246 e. The molecule has 1 aromatic rings. The zero-order chi connectivity index (χ0) is 10.4. The predicted molar refractivity (Wildman–Crippen MR) is 57.3 cm³/mol. The molecule has 3 nitrogen and oxygen atoms in total. The lowest BCUT2D eigenvalue weighted by atomic mass is 10.1. The molecule has 0 bridgehead atoms. The Morgan fingerprint density at radius 1 is 1.43 bits per heavy atom. The van der Waals surface area contributed by atoms with Crippen molar-refractivity contribution in [1.29, 1.82) is 0 Å². The molecule has 0 heterocycles. The van der Waals surface area contributed by atoms with Crippen LogP contribution in [0.3, 0.4) is 0 Å². The molecule has 3 N–H and O–H groups in total. The van der Waals surface area contributed by atoms with Crippen molar-refractivity contribution in [3.8, 4) is 0 Å². The Labute approximate surface area is 83.6 Å². The van der Waals surface area contributed by atoms with Gasteiger partial charge < -0.3 is 11.1 Å². The van der Waals surface area contributed by atoms with Crippen LogP contribution >= 0.6 is 0 Å². The van der Waals surface area contributed by atoms with Gasteiger partial charge >= 0.3 is 0 Å². The molecule has 0 saturated carbocycles. The summed E-state index contributed by atoms with van der Waals surface area (Å²) < 4.78 is 0. The SMILES string of the molecule is CCNC(=O)C=C(N)c1ccccc1. The summed E-state index contributed by atoms with van der Waals surface area (Å²) in [4.78, 5) is 11.2. The monoisotopic (exact) mass is 190 g/mol. The van der Waals surface area contributed by atoms with E-state index >= 15 is 0 Å². The fourth-order valence-electron chi connectivity index (χ4n) is 1.08. The van der Waals surface area contributed by atoms with E-state index in [1.165, 1.54) is 6.08 Å². The second-order valence-electron chi connectivity index (χ2n) is 2.86. The summed E-state index contributed by atoms with van der Waals surface area (Å²) in [5.74, 6) is -0.158. The molecule has 0 fully saturated rings. The van der Waals surface area contributed by atoms with Gasteiger partial charge in [0.25, 0.3) is 0 Å². The molecule has 74 valence electrons. The molecule has 0 radical (unpaired) electrons. The molecule has 14 heavy (non-hydrogen) atoms. The Hall–Kier alpha value is -1.77. The van der Waals surface area contributed by atoms with Crippen LogP contribution in [0.2, 0.25) is 0 Å². The minimum atomic E-state index is -0.158. The first-order chi connectivity index (χ1) is 6.74. The zero-order valence-electron chi connectivity index (χ0n) is 8.16. The Balaban J connectivity index is 2.75. The third-order valence-electron chi connectivity index (χ3n) is 1.74. The minimum absolute atomic E-state index is 0.158. The molecule has 1 aromatic carbocycles. The summed E-state index contributed by atoms with van der Waals surface area (Å²) >= 11 is 0. The van der Waals surface area contributed by atoms with E-state index in [1.807, 2.05) is 37.3 Å². The summed E-state index contributed by atoms with van der Waals surface area (Å²) in [5.41, 5.74) is 7.07. The van der Waals surface area contributed by atoms with E-state index in [-0.39, 0.29) is 5.91 Å². The van der Waals surface area contributed by atoms with Crippen LogP contribution in [0, 0.1) is 0 Å². The maximum Gasteiger partial charge on any atom is 0.246 e. The van der Waals surface area contributed by atoms with Gasteiger partial charge in [0.2, 0.25) is 5.91 Å². The van der Waals surface area contributed by atoms with Gasteiger partial charge in [0.15, 0.2) is 0 Å². The fraction of sp³-hybridized carbons (Fsp3) is 0.182. The lowest BCUT2D eigenvalue weighted by molar-refractivity contribution is -0.116. The van der Waals surface area contributed by atoms with Crippen LogP contribution in [0.1, 0.15) is 12.5 Å². The number of rotatable bonds is 3. The molecule has 0 atom stereocenters. The van der Waals surface area contributed by atoms with Gasteiger partial charge in [0.1, 0.15) is 0 Å². The molecule has 1 rings (SSSR count). The lowest BCUT2D eigenvalue weighted by Crippen LogP contribution is -2.21. The van der Waals surface area contributed by atoms with Crippen molar-refractivity contribution >= 4 is 11.6 Å². The molecule has 0 aromatic heterocycles. The second-order valence-corrected chi connectivity index (χ2v) is 2.86. The molecule has 0 aliphatic heterocycles. The van der Waals surface area contributed by atoms with E-state index in [0.717, 1.165) is 5.56 Å². The van der Waals surface area contributed by atoms with Gasteiger partial charge in [0, 0.05) is 18.3 Å². The van der Waals surface area contributed by atoms with Crippen LogP contribution in [-0.2, 0) is 4.79 Å². The van der Waals surface area contributed by atoms with Crippen molar-refractivity contribution in [2.45, 2.75) is 6.92 Å². The summed E-state index contributed by atoms with van der Waals surface area (Å²) in [5, 5.41) is 2.65. The summed E-state index contributed by atoms with van der Waals surface area (Å²) in [6.45, 7) is 2.47. The molecular weight excluding hydrogens is 176 g/mol. The average molecular weight is 190 g/mol. The largest absolute Gasteiger partial charge is 0.398 e. The number of carbonyl (C=O) groups excluding carboxylic acids is 1. The Bertz CT molecular complexity index is 330. The molecule has 0 unspecified atom stereocenters. The zero-order valence-corrected chi connectivity index (χ0v) is 8.16. The Kier molecular flexibility index (Phi) is 3.73. The van der Waals surface area contributed by atoms with Crippen LogP contribution in [0.25, 0.3) is 5.70 Å². The van der Waals surface area contributed by atoms with Gasteiger partial charge in [-0.2, -0.15) is 0 Å². The van der Waals surface area contributed by atoms with E-state index in [2.05, 4.69) is 5.32 Å². The van der Waals surface area contributed by atoms with E-state index in [9.17, 15) is 4.79 Å². The molecule has 0 aliphatic rings. The van der Waals surface area contributed by atoms with E-state index < -0.39 is 0 Å². The first kappa shape index (κ1) is 10.3. The maximum absolute atomic E-state index is 11.2. The standard InChI is InChI=1S/C11H14N2O/c1-2-13-11(14)8-10(12)9-6-4-3-5-7-9/h3-8H,2,12H2,1H3,(H,13,14). The van der Waals surface area contributed by atoms with E-state index in [0.29, 0.717) is 12.2 Å². The minimum Gasteiger partial charge on any atom is -0.398 e. The average Bonchev–Trinajstić information content (AvgIpc) is 2.19. The lowest BCUT2D eigenvalue weighted by Gasteiger charge is -2.01. The molecule has 0 spiro atoms. The van der Waals surface area contributed by atoms with Crippen LogP contribution in [0.15, 0.2) is 36.4 Å². The maximum atomic E-state index is 11.2. The molecule has 0 saturated heterocycles. The quantitative estimate of drug-likeness (QED) is 0.702. The Morgan fingerprint density at radius 2 is 2.07 bits per heavy atom. The number of amides is 1.